The van der Waals surface area contributed by atoms with Gasteiger partial charge in [-0.25, -0.2) is 0 Å². The van der Waals surface area contributed by atoms with Gasteiger partial charge < -0.3 is 14.9 Å². The normalized spacial score (nSPS) is 24.0. The zero-order valence-corrected chi connectivity index (χ0v) is 18.5. The lowest BCUT2D eigenvalue weighted by Gasteiger charge is -2.39. The lowest BCUT2D eigenvalue weighted by atomic mass is 9.74. The van der Waals surface area contributed by atoms with Gasteiger partial charge in [0.15, 0.2) is 0 Å². The quantitative estimate of drug-likeness (QED) is 0.771. The SMILES string of the molecule is CCC1(c2cccc(O)c2)CCCCN(CCN2CCN(c3ccccc3)CC2)C1. The summed E-state index contributed by atoms with van der Waals surface area (Å²) < 4.78 is 0. The summed E-state index contributed by atoms with van der Waals surface area (Å²) in [6.45, 7) is 11.5. The molecular weight excluding hydrogens is 370 g/mol. The molecule has 30 heavy (non-hydrogen) atoms. The van der Waals surface area contributed by atoms with Crippen LogP contribution in [0.4, 0.5) is 5.69 Å². The molecule has 2 aromatic carbocycles. The van der Waals surface area contributed by atoms with E-state index < -0.39 is 0 Å². The fraction of sp³-hybridized carbons (Fsp3) is 0.538. The number of nitrogens with zero attached hydrogens (tertiary/aromatic N) is 3. The molecule has 0 bridgehead atoms. The van der Waals surface area contributed by atoms with Crippen LogP contribution >= 0.6 is 0 Å². The second kappa shape index (κ2) is 9.84. The summed E-state index contributed by atoms with van der Waals surface area (Å²) in [6, 6.07) is 18.8. The van der Waals surface area contributed by atoms with E-state index in [1.807, 2.05) is 12.1 Å². The van der Waals surface area contributed by atoms with Gasteiger partial charge in [-0.2, -0.15) is 0 Å². The number of aromatic hydroxyl groups is 1. The molecule has 1 N–H and O–H groups in total. The van der Waals surface area contributed by atoms with Crippen LogP contribution in [0.25, 0.3) is 0 Å². The first-order valence-electron chi connectivity index (χ1n) is 11.7. The molecule has 1 atom stereocenters. The van der Waals surface area contributed by atoms with E-state index in [1.54, 1.807) is 6.07 Å². The van der Waals surface area contributed by atoms with Crippen LogP contribution in [0.3, 0.4) is 0 Å². The molecule has 2 aliphatic heterocycles. The standard InChI is InChI=1S/C26H37N3O/c1-2-26(23-9-8-12-25(30)21-23)13-6-7-14-28(22-26)16-15-27-17-19-29(20-18-27)24-10-4-3-5-11-24/h3-5,8-12,21,30H,2,6-7,13-20,22H2,1H3. The van der Waals surface area contributed by atoms with E-state index in [0.717, 1.165) is 52.2 Å². The highest BCUT2D eigenvalue weighted by Crippen LogP contribution is 2.37. The van der Waals surface area contributed by atoms with Crippen molar-refractivity contribution in [3.63, 3.8) is 0 Å². The molecule has 4 nitrogen and oxygen atoms in total. The largest absolute Gasteiger partial charge is 0.508 e. The van der Waals surface area contributed by atoms with Crippen molar-refractivity contribution in [1.82, 2.24) is 9.80 Å². The van der Waals surface area contributed by atoms with Crippen molar-refractivity contribution in [1.29, 1.82) is 0 Å². The highest BCUT2D eigenvalue weighted by atomic mass is 16.3. The lowest BCUT2D eigenvalue weighted by Crippen LogP contribution is -2.49. The van der Waals surface area contributed by atoms with Crippen molar-refractivity contribution in [2.24, 2.45) is 0 Å². The molecule has 2 aliphatic rings. The predicted octanol–water partition coefficient (Wildman–Crippen LogP) is 4.35. The highest BCUT2D eigenvalue weighted by molar-refractivity contribution is 5.46. The number of anilines is 1. The highest BCUT2D eigenvalue weighted by Gasteiger charge is 2.34. The number of piperazine rings is 1. The number of phenols is 1. The molecule has 2 fully saturated rings. The average Bonchev–Trinajstić information content (AvgIpc) is 3.02. The summed E-state index contributed by atoms with van der Waals surface area (Å²) in [7, 11) is 0. The number of likely N-dealkylation sites (tertiary alicyclic amines) is 1. The summed E-state index contributed by atoms with van der Waals surface area (Å²) >= 11 is 0. The molecular formula is C26H37N3O. The Kier molecular flexibility index (Phi) is 6.96. The predicted molar refractivity (Wildman–Crippen MR) is 125 cm³/mol. The van der Waals surface area contributed by atoms with Crippen molar-refractivity contribution in [3.8, 4) is 5.75 Å². The van der Waals surface area contributed by atoms with Crippen molar-refractivity contribution in [2.45, 2.75) is 38.0 Å². The molecule has 162 valence electrons. The Hall–Kier alpha value is -2.04. The van der Waals surface area contributed by atoms with Gasteiger partial charge in [-0.1, -0.05) is 43.7 Å². The molecule has 2 saturated heterocycles. The molecule has 0 radical (unpaired) electrons. The maximum Gasteiger partial charge on any atom is 0.115 e. The van der Waals surface area contributed by atoms with Crippen molar-refractivity contribution in [3.05, 3.63) is 60.2 Å². The fourth-order valence-corrected chi connectivity index (χ4v) is 5.29. The van der Waals surface area contributed by atoms with Gasteiger partial charge >= 0.3 is 0 Å². The Morgan fingerprint density at radius 2 is 1.60 bits per heavy atom. The third kappa shape index (κ3) is 4.98. The third-order valence-corrected chi connectivity index (χ3v) is 7.27. The van der Waals surface area contributed by atoms with Gasteiger partial charge in [0, 0.05) is 56.9 Å². The molecule has 0 saturated carbocycles. The molecule has 0 spiro atoms. The number of hydrogen-bond donors (Lipinski definition) is 1. The van der Waals surface area contributed by atoms with E-state index in [9.17, 15) is 5.11 Å². The second-order valence-electron chi connectivity index (χ2n) is 9.08. The average molecular weight is 408 g/mol. The van der Waals surface area contributed by atoms with Crippen LogP contribution in [0.2, 0.25) is 0 Å². The summed E-state index contributed by atoms with van der Waals surface area (Å²) in [6.07, 6.45) is 4.90. The molecule has 0 amide bonds. The van der Waals surface area contributed by atoms with Crippen LogP contribution in [-0.2, 0) is 5.41 Å². The second-order valence-corrected chi connectivity index (χ2v) is 9.08. The van der Waals surface area contributed by atoms with Gasteiger partial charge in [0.05, 0.1) is 0 Å². The van der Waals surface area contributed by atoms with E-state index in [-0.39, 0.29) is 5.41 Å². The van der Waals surface area contributed by atoms with Crippen LogP contribution in [0, 0.1) is 0 Å². The number of phenolic OH excluding ortho intramolecular Hbond substituents is 1. The van der Waals surface area contributed by atoms with Gasteiger partial charge in [-0.05, 0) is 55.6 Å². The first-order chi connectivity index (χ1) is 14.7. The first kappa shape index (κ1) is 21.2. The van der Waals surface area contributed by atoms with E-state index in [1.165, 1.54) is 37.1 Å². The number of para-hydroxylation sites is 1. The van der Waals surface area contributed by atoms with Gasteiger partial charge in [0.1, 0.15) is 5.75 Å². The van der Waals surface area contributed by atoms with Gasteiger partial charge in [-0.3, -0.25) is 4.90 Å². The van der Waals surface area contributed by atoms with E-state index in [2.05, 4.69) is 58.0 Å². The number of rotatable bonds is 6. The molecule has 2 heterocycles. The first-order valence-corrected chi connectivity index (χ1v) is 11.7. The van der Waals surface area contributed by atoms with E-state index >= 15 is 0 Å². The summed E-state index contributed by atoms with van der Waals surface area (Å²) in [5.41, 5.74) is 2.83. The summed E-state index contributed by atoms with van der Waals surface area (Å²) in [5.74, 6) is 0.396. The maximum absolute atomic E-state index is 10.0. The molecule has 4 heteroatoms. The number of benzene rings is 2. The number of hydrogen-bond acceptors (Lipinski definition) is 4. The fourth-order valence-electron chi connectivity index (χ4n) is 5.29. The lowest BCUT2D eigenvalue weighted by molar-refractivity contribution is 0.173. The van der Waals surface area contributed by atoms with Gasteiger partial charge in [0.25, 0.3) is 0 Å². The topological polar surface area (TPSA) is 30.0 Å². The Labute approximate surface area is 182 Å². The van der Waals surface area contributed by atoms with Crippen LogP contribution in [0.15, 0.2) is 54.6 Å². The van der Waals surface area contributed by atoms with Crippen molar-refractivity contribution >= 4 is 5.69 Å². The summed E-state index contributed by atoms with van der Waals surface area (Å²) in [5, 5.41) is 10.0. The van der Waals surface area contributed by atoms with Crippen LogP contribution in [0.1, 0.15) is 38.2 Å². The maximum atomic E-state index is 10.0. The molecule has 4 rings (SSSR count). The molecule has 0 aromatic heterocycles. The van der Waals surface area contributed by atoms with Gasteiger partial charge in [0.2, 0.25) is 0 Å². The third-order valence-electron chi connectivity index (χ3n) is 7.27. The minimum atomic E-state index is 0.168. The minimum absolute atomic E-state index is 0.168. The van der Waals surface area contributed by atoms with Crippen molar-refractivity contribution in [2.75, 3.05) is 57.3 Å². The Morgan fingerprint density at radius 3 is 2.33 bits per heavy atom. The Bertz CT molecular complexity index is 788. The Morgan fingerprint density at radius 1 is 0.833 bits per heavy atom. The molecule has 0 aliphatic carbocycles. The van der Waals surface area contributed by atoms with Crippen LogP contribution in [-0.4, -0.2) is 67.3 Å². The monoisotopic (exact) mass is 407 g/mol. The smallest absolute Gasteiger partial charge is 0.115 e. The van der Waals surface area contributed by atoms with Gasteiger partial charge in [-0.15, -0.1) is 0 Å². The zero-order valence-electron chi connectivity index (χ0n) is 18.5. The molecule has 1 unspecified atom stereocenters. The zero-order chi connectivity index (χ0) is 20.8. The molecule has 2 aromatic rings. The van der Waals surface area contributed by atoms with E-state index in [4.69, 9.17) is 0 Å². The summed E-state index contributed by atoms with van der Waals surface area (Å²) in [4.78, 5) is 7.82. The van der Waals surface area contributed by atoms with E-state index in [0.29, 0.717) is 5.75 Å². The van der Waals surface area contributed by atoms with Crippen molar-refractivity contribution < 1.29 is 5.11 Å². The minimum Gasteiger partial charge on any atom is -0.508 e. The van der Waals surface area contributed by atoms with Crippen LogP contribution in [0.5, 0.6) is 5.75 Å². The van der Waals surface area contributed by atoms with Crippen LogP contribution < -0.4 is 4.90 Å². The Balaban J connectivity index is 1.33.